The lowest BCUT2D eigenvalue weighted by molar-refractivity contribution is -0.117. The van der Waals surface area contributed by atoms with E-state index in [2.05, 4.69) is 52.2 Å². The molecule has 3 nitrogen and oxygen atoms in total. The fourth-order valence-corrected chi connectivity index (χ4v) is 2.93. The highest BCUT2D eigenvalue weighted by molar-refractivity contribution is 9.10. The van der Waals surface area contributed by atoms with Gasteiger partial charge in [0.2, 0.25) is 5.91 Å². The molecule has 0 aliphatic heterocycles. The molecule has 1 aromatic heterocycles. The number of carbonyl (C=O) groups excluding carboxylic acids is 1. The lowest BCUT2D eigenvalue weighted by Gasteiger charge is -2.09. The first-order chi connectivity index (χ1) is 11.5. The zero-order valence-corrected chi connectivity index (χ0v) is 16.0. The molecule has 2 rings (SSSR count). The summed E-state index contributed by atoms with van der Waals surface area (Å²) in [7, 11) is 0. The molecule has 0 bridgehead atoms. The molecule has 1 heterocycles. The predicted molar refractivity (Wildman–Crippen MR) is 104 cm³/mol. The number of hydrogen-bond acceptors (Lipinski definition) is 2. The molecule has 0 saturated carbocycles. The summed E-state index contributed by atoms with van der Waals surface area (Å²) in [6.07, 6.45) is 6.02. The molecule has 0 spiro atoms. The first-order valence-electron chi connectivity index (χ1n) is 8.24. The Morgan fingerprint density at radius 1 is 1.29 bits per heavy atom. The van der Waals surface area contributed by atoms with Crippen molar-refractivity contribution in [1.29, 1.82) is 0 Å². The fourth-order valence-electron chi connectivity index (χ4n) is 2.49. The van der Waals surface area contributed by atoms with Crippen LogP contribution in [0.3, 0.4) is 0 Å². The number of hydrogen-bond donors (Lipinski definition) is 1. The zero-order chi connectivity index (χ0) is 17.5. The summed E-state index contributed by atoms with van der Waals surface area (Å²) < 4.78 is 0.767. The van der Waals surface area contributed by atoms with Crippen molar-refractivity contribution < 1.29 is 4.79 Å². The number of pyridine rings is 1. The molecule has 0 aliphatic carbocycles. The third-order valence-corrected chi connectivity index (χ3v) is 4.51. The Bertz CT molecular complexity index is 793. The van der Waals surface area contributed by atoms with Gasteiger partial charge in [-0.25, -0.2) is 4.98 Å². The van der Waals surface area contributed by atoms with Gasteiger partial charge in [-0.05, 0) is 47.8 Å². The van der Waals surface area contributed by atoms with E-state index in [0.29, 0.717) is 6.54 Å². The molecule has 1 amide bonds. The van der Waals surface area contributed by atoms with E-state index in [0.717, 1.165) is 39.5 Å². The van der Waals surface area contributed by atoms with Crippen LogP contribution in [-0.2, 0) is 11.3 Å². The van der Waals surface area contributed by atoms with Crippen molar-refractivity contribution in [1.82, 2.24) is 10.3 Å². The van der Waals surface area contributed by atoms with Crippen molar-refractivity contribution >= 4 is 32.7 Å². The number of para-hydroxylation sites is 1. The Morgan fingerprint density at radius 2 is 2.04 bits per heavy atom. The van der Waals surface area contributed by atoms with Gasteiger partial charge in [0.05, 0.1) is 5.52 Å². The number of aromatic nitrogens is 1. The summed E-state index contributed by atoms with van der Waals surface area (Å²) in [4.78, 5) is 16.8. The minimum Gasteiger partial charge on any atom is -0.348 e. The first kappa shape index (κ1) is 18.4. The van der Waals surface area contributed by atoms with Crippen LogP contribution >= 0.6 is 15.9 Å². The molecule has 1 aromatic carbocycles. The quantitative estimate of drug-likeness (QED) is 0.415. The Hall–Kier alpha value is -1.94. The average Bonchev–Trinajstić information content (AvgIpc) is 2.59. The molecule has 1 N–H and O–H groups in total. The minimum absolute atomic E-state index is 0.0505. The molecule has 0 radical (unpaired) electrons. The smallest absolute Gasteiger partial charge is 0.247 e. The topological polar surface area (TPSA) is 42.0 Å². The number of nitrogens with one attached hydrogen (secondary N) is 1. The van der Waals surface area contributed by atoms with Crippen molar-refractivity contribution in [3.05, 3.63) is 63.8 Å². The number of halogens is 1. The standard InChI is InChI=1S/C20H23BrN2O/c1-4-8-15(5-2)11-14(3)20(24)22-13-17-12-16-9-6-7-10-18(16)23-19(17)21/h6-12H,4-5,13H2,1-3H3,(H,22,24). The number of carbonyl (C=O) groups is 1. The van der Waals surface area contributed by atoms with Crippen molar-refractivity contribution in [2.45, 2.75) is 40.2 Å². The van der Waals surface area contributed by atoms with Gasteiger partial charge >= 0.3 is 0 Å². The summed E-state index contributed by atoms with van der Waals surface area (Å²) >= 11 is 3.49. The number of allylic oxidation sites excluding steroid dienone is 3. The third kappa shape index (κ3) is 4.78. The molecule has 0 aliphatic rings. The minimum atomic E-state index is -0.0505. The Morgan fingerprint density at radius 3 is 2.75 bits per heavy atom. The Labute approximate surface area is 152 Å². The maximum atomic E-state index is 12.3. The highest BCUT2D eigenvalue weighted by Crippen LogP contribution is 2.20. The van der Waals surface area contributed by atoms with Gasteiger partial charge in [-0.1, -0.05) is 49.8 Å². The molecule has 0 atom stereocenters. The van der Waals surface area contributed by atoms with Gasteiger partial charge in [-0.2, -0.15) is 0 Å². The van der Waals surface area contributed by atoms with Crippen molar-refractivity contribution in [2.75, 3.05) is 0 Å². The number of fused-ring (bicyclic) bond motifs is 1. The summed E-state index contributed by atoms with van der Waals surface area (Å²) in [5.74, 6) is -0.0505. The van der Waals surface area contributed by atoms with Crippen LogP contribution in [-0.4, -0.2) is 10.9 Å². The van der Waals surface area contributed by atoms with Gasteiger partial charge < -0.3 is 5.32 Å². The third-order valence-electron chi connectivity index (χ3n) is 3.82. The summed E-state index contributed by atoms with van der Waals surface area (Å²) in [5, 5.41) is 4.04. The monoisotopic (exact) mass is 386 g/mol. The number of rotatable bonds is 6. The summed E-state index contributed by atoms with van der Waals surface area (Å²) in [6.45, 7) is 6.49. The molecule has 0 unspecified atom stereocenters. The maximum absolute atomic E-state index is 12.3. The molecule has 0 fully saturated rings. The second-order valence-corrected chi connectivity index (χ2v) is 6.43. The van der Waals surface area contributed by atoms with Crippen LogP contribution < -0.4 is 5.32 Å². The maximum Gasteiger partial charge on any atom is 0.247 e. The molecule has 4 heteroatoms. The predicted octanol–water partition coefficient (Wildman–Crippen LogP) is 5.31. The van der Waals surface area contributed by atoms with Crippen LogP contribution in [0, 0.1) is 0 Å². The second-order valence-electron chi connectivity index (χ2n) is 5.68. The number of nitrogens with zero attached hydrogens (tertiary/aromatic N) is 1. The highest BCUT2D eigenvalue weighted by atomic mass is 79.9. The van der Waals surface area contributed by atoms with Gasteiger partial charge in [0.1, 0.15) is 4.60 Å². The summed E-state index contributed by atoms with van der Waals surface area (Å²) in [6, 6.07) is 10.0. The zero-order valence-electron chi connectivity index (χ0n) is 14.4. The second kappa shape index (κ2) is 8.78. The molecule has 126 valence electrons. The van der Waals surface area contributed by atoms with E-state index >= 15 is 0 Å². The molecule has 24 heavy (non-hydrogen) atoms. The largest absolute Gasteiger partial charge is 0.348 e. The van der Waals surface area contributed by atoms with Gasteiger partial charge in [0.15, 0.2) is 0 Å². The average molecular weight is 387 g/mol. The highest BCUT2D eigenvalue weighted by Gasteiger charge is 2.08. The summed E-state index contributed by atoms with van der Waals surface area (Å²) in [5.41, 5.74) is 3.82. The van der Waals surface area contributed by atoms with Gasteiger partial charge in [-0.3, -0.25) is 4.79 Å². The van der Waals surface area contributed by atoms with E-state index in [1.54, 1.807) is 0 Å². The molecule has 2 aromatic rings. The van der Waals surface area contributed by atoms with E-state index in [1.807, 2.05) is 37.3 Å². The van der Waals surface area contributed by atoms with E-state index in [1.165, 1.54) is 5.57 Å². The van der Waals surface area contributed by atoms with E-state index in [-0.39, 0.29) is 5.91 Å². The van der Waals surface area contributed by atoms with Crippen molar-refractivity contribution in [3.63, 3.8) is 0 Å². The lowest BCUT2D eigenvalue weighted by Crippen LogP contribution is -2.24. The van der Waals surface area contributed by atoms with Crippen molar-refractivity contribution in [3.8, 4) is 0 Å². The van der Waals surface area contributed by atoms with Gasteiger partial charge in [-0.15, -0.1) is 0 Å². The fraction of sp³-hybridized carbons (Fsp3) is 0.300. The van der Waals surface area contributed by atoms with Gasteiger partial charge in [0, 0.05) is 23.1 Å². The first-order valence-corrected chi connectivity index (χ1v) is 9.04. The van der Waals surface area contributed by atoms with E-state index in [9.17, 15) is 4.79 Å². The molecular weight excluding hydrogens is 364 g/mol. The SMILES string of the molecule is CCC=C(C=C(C)C(=O)NCc1cc2ccccc2nc1Br)CC. The number of benzene rings is 1. The van der Waals surface area contributed by atoms with E-state index in [4.69, 9.17) is 0 Å². The molecule has 0 saturated heterocycles. The van der Waals surface area contributed by atoms with Crippen LogP contribution in [0.1, 0.15) is 39.2 Å². The van der Waals surface area contributed by atoms with Crippen molar-refractivity contribution in [2.24, 2.45) is 0 Å². The lowest BCUT2D eigenvalue weighted by atomic mass is 10.1. The Balaban J connectivity index is 2.10. The van der Waals surface area contributed by atoms with Crippen LogP contribution in [0.4, 0.5) is 0 Å². The van der Waals surface area contributed by atoms with Crippen LogP contribution in [0.25, 0.3) is 10.9 Å². The van der Waals surface area contributed by atoms with Crippen LogP contribution in [0.5, 0.6) is 0 Å². The number of amides is 1. The van der Waals surface area contributed by atoms with Crippen LogP contribution in [0.2, 0.25) is 0 Å². The van der Waals surface area contributed by atoms with E-state index < -0.39 is 0 Å². The van der Waals surface area contributed by atoms with Gasteiger partial charge in [0.25, 0.3) is 0 Å². The Kier molecular flexibility index (Phi) is 6.73. The normalized spacial score (nSPS) is 12.5. The molecular formula is C20H23BrN2O. The van der Waals surface area contributed by atoms with Crippen LogP contribution in [0.15, 0.2) is 58.2 Å².